The first-order valence-electron chi connectivity index (χ1n) is 12.1. The molecule has 5 aromatic carbocycles. The average molecular weight is 568 g/mol. The second kappa shape index (κ2) is 15.2. The maximum absolute atomic E-state index is 3.14. The number of fused-ring (bicyclic) bond motifs is 3. The molecule has 0 saturated heterocycles. The third-order valence-corrected chi connectivity index (χ3v) is 7.46. The molecule has 3 heteroatoms. The molecule has 0 saturated carbocycles. The fourth-order valence-electron chi connectivity index (χ4n) is 4.09. The van der Waals surface area contributed by atoms with Gasteiger partial charge in [-0.05, 0) is 0 Å². The molecule has 0 amide bonds. The van der Waals surface area contributed by atoms with Gasteiger partial charge in [-0.15, -0.1) is 46.2 Å². The van der Waals surface area contributed by atoms with Gasteiger partial charge in [0.1, 0.15) is 0 Å². The molecule has 0 fully saturated rings. The van der Waals surface area contributed by atoms with Crippen LogP contribution in [0.5, 0.6) is 0 Å². The summed E-state index contributed by atoms with van der Waals surface area (Å²) in [6, 6.07) is 40.4. The Hall–Kier alpha value is -3.16. The van der Waals surface area contributed by atoms with Gasteiger partial charge >= 0.3 is 99.2 Å². The normalized spacial score (nSPS) is 11.4. The van der Waals surface area contributed by atoms with Crippen LogP contribution in [0.3, 0.4) is 0 Å². The van der Waals surface area contributed by atoms with E-state index in [0.717, 1.165) is 6.42 Å². The quantitative estimate of drug-likeness (QED) is 0.294. The molecule has 0 radical (unpaired) electrons. The summed E-state index contributed by atoms with van der Waals surface area (Å²) in [5.41, 5.74) is 4.10. The molecular formula is C34H30F2Zr-2. The van der Waals surface area contributed by atoms with E-state index in [9.17, 15) is 0 Å². The molecule has 0 atom stereocenters. The van der Waals surface area contributed by atoms with Gasteiger partial charge in [-0.25, -0.2) is 6.08 Å². The maximum atomic E-state index is 3.14. The van der Waals surface area contributed by atoms with E-state index in [-0.39, 0.29) is 9.41 Å². The van der Waals surface area contributed by atoms with Gasteiger partial charge in [0.2, 0.25) is 0 Å². The Kier molecular flexibility index (Phi) is 12.3. The van der Waals surface area contributed by atoms with E-state index in [2.05, 4.69) is 147 Å². The smallest absolute Gasteiger partial charge is 0.0771 e. The topological polar surface area (TPSA) is 0 Å². The van der Waals surface area contributed by atoms with E-state index in [4.69, 9.17) is 0 Å². The van der Waals surface area contributed by atoms with Gasteiger partial charge in [0.15, 0.2) is 0 Å². The Morgan fingerprint density at radius 1 is 0.676 bits per heavy atom. The van der Waals surface area contributed by atoms with Gasteiger partial charge in [-0.1, -0.05) is 56.2 Å². The van der Waals surface area contributed by atoms with Crippen molar-refractivity contribution in [3.63, 3.8) is 0 Å². The third kappa shape index (κ3) is 8.17. The van der Waals surface area contributed by atoms with E-state index < -0.39 is 0 Å². The van der Waals surface area contributed by atoms with E-state index in [1.54, 1.807) is 0 Å². The zero-order valence-electron chi connectivity index (χ0n) is 21.2. The van der Waals surface area contributed by atoms with Gasteiger partial charge in [0, 0.05) is 0 Å². The number of halogens is 2. The first-order valence-corrected chi connectivity index (χ1v) is 13.4. The van der Waals surface area contributed by atoms with Crippen LogP contribution >= 0.6 is 0 Å². The van der Waals surface area contributed by atoms with Crippen LogP contribution in [-0.4, -0.2) is 3.21 Å². The predicted molar refractivity (Wildman–Crippen MR) is 148 cm³/mol. The molecule has 0 aromatic heterocycles. The molecular weight excluding hydrogens is 538 g/mol. The molecule has 0 spiro atoms. The molecule has 5 aromatic rings. The van der Waals surface area contributed by atoms with Crippen molar-refractivity contribution in [2.75, 3.05) is 0 Å². The number of hydrogen-bond donors (Lipinski definition) is 0. The Morgan fingerprint density at radius 3 is 1.49 bits per heavy atom. The summed E-state index contributed by atoms with van der Waals surface area (Å²) in [5, 5.41) is 5.39. The van der Waals surface area contributed by atoms with Crippen LogP contribution in [-0.2, 0) is 24.2 Å². The number of benzene rings is 4. The van der Waals surface area contributed by atoms with Crippen molar-refractivity contribution in [2.24, 2.45) is 5.92 Å². The minimum Gasteiger partial charge on any atom is -0.126 e. The first kappa shape index (κ1) is 30.1. The molecule has 0 nitrogen and oxygen atoms in total. The van der Waals surface area contributed by atoms with Crippen molar-refractivity contribution in [1.82, 2.24) is 0 Å². The SMILES string of the molecule is CC(C)C1=CC[C-]=C1.[F-].[F-].[Zr+2]=[C](c1ccccc1)c1ccccc1.c1ccc2c(c1)[cH-]c1ccccc12. The molecule has 0 heterocycles. The van der Waals surface area contributed by atoms with Crippen LogP contribution in [0.25, 0.3) is 21.5 Å². The zero-order valence-corrected chi connectivity index (χ0v) is 23.6. The second-order valence-electron chi connectivity index (χ2n) is 8.84. The van der Waals surface area contributed by atoms with Crippen LogP contribution < -0.4 is 9.41 Å². The number of rotatable bonds is 3. The third-order valence-electron chi connectivity index (χ3n) is 6.04. The monoisotopic (exact) mass is 566 g/mol. The van der Waals surface area contributed by atoms with Gasteiger partial charge < -0.3 is 9.41 Å². The number of allylic oxidation sites excluding steroid dienone is 4. The second-order valence-corrected chi connectivity index (χ2v) is 10.1. The summed E-state index contributed by atoms with van der Waals surface area (Å²) >= 11 is 1.46. The standard InChI is InChI=1S/C13H9.C13H10.C8H11.2FH.Zr/c1-3-7-12-10(5-1)9-11-6-2-4-8-13(11)12;1-3-7-12(8-4-1)11-13-9-5-2-6-10-13;1-7(2)8-5-3-4-6-8;;;/h1-9H;1-10H;5-7H,3H2,1-2H3;2*1H;/q-1;;-1;;;+2/p-2. The van der Waals surface area contributed by atoms with Crippen LogP contribution in [0.1, 0.15) is 31.4 Å². The molecule has 0 unspecified atom stereocenters. The van der Waals surface area contributed by atoms with Crippen molar-refractivity contribution in [3.8, 4) is 0 Å². The zero-order chi connectivity index (χ0) is 24.5. The largest absolute Gasteiger partial charge is 0.126 e. The maximum Gasteiger partial charge on any atom is -0.0771 e. The Bertz CT molecular complexity index is 1350. The van der Waals surface area contributed by atoms with E-state index in [1.807, 2.05) is 0 Å². The fourth-order valence-corrected chi connectivity index (χ4v) is 4.91. The molecule has 1 aliphatic carbocycles. The molecule has 186 valence electrons. The molecule has 6 rings (SSSR count). The van der Waals surface area contributed by atoms with Gasteiger partial charge in [-0.3, -0.25) is 6.08 Å². The summed E-state index contributed by atoms with van der Waals surface area (Å²) in [5.74, 6) is 0.685. The Labute approximate surface area is 233 Å². The molecule has 1 aliphatic rings. The van der Waals surface area contributed by atoms with Crippen molar-refractivity contribution in [1.29, 1.82) is 0 Å². The van der Waals surface area contributed by atoms with Gasteiger partial charge in [-0.2, -0.15) is 11.6 Å². The summed E-state index contributed by atoms with van der Waals surface area (Å²) < 4.78 is 1.42. The van der Waals surface area contributed by atoms with Crippen molar-refractivity contribution in [3.05, 3.63) is 150 Å². The Balaban J connectivity index is 0.000000197. The van der Waals surface area contributed by atoms with E-state index in [0.29, 0.717) is 5.92 Å². The predicted octanol–water partition coefficient (Wildman–Crippen LogP) is 2.85. The summed E-state index contributed by atoms with van der Waals surface area (Å²) in [6.07, 6.45) is 8.47. The van der Waals surface area contributed by atoms with Crippen molar-refractivity contribution in [2.45, 2.75) is 20.3 Å². The fraction of sp³-hybridized carbons (Fsp3) is 0.118. The minimum absolute atomic E-state index is 0. The van der Waals surface area contributed by atoms with Crippen LogP contribution in [0.15, 0.2) is 133 Å². The molecule has 0 aliphatic heterocycles. The molecule has 37 heavy (non-hydrogen) atoms. The van der Waals surface area contributed by atoms with Crippen LogP contribution in [0.4, 0.5) is 0 Å². The number of hydrogen-bond acceptors (Lipinski definition) is 0. The molecule has 0 bridgehead atoms. The molecule has 0 N–H and O–H groups in total. The van der Waals surface area contributed by atoms with Gasteiger partial charge in [0.05, 0.1) is 0 Å². The van der Waals surface area contributed by atoms with Crippen LogP contribution in [0, 0.1) is 12.0 Å². The van der Waals surface area contributed by atoms with E-state index in [1.165, 1.54) is 65.7 Å². The summed E-state index contributed by atoms with van der Waals surface area (Å²) in [7, 11) is 0. The minimum atomic E-state index is 0. The first-order chi connectivity index (χ1) is 17.1. The van der Waals surface area contributed by atoms with Crippen molar-refractivity contribution >= 4 is 24.8 Å². The summed E-state index contributed by atoms with van der Waals surface area (Å²) in [6.45, 7) is 4.41. The summed E-state index contributed by atoms with van der Waals surface area (Å²) in [4.78, 5) is 0. The van der Waals surface area contributed by atoms with E-state index >= 15 is 0 Å². The Morgan fingerprint density at radius 2 is 1.11 bits per heavy atom. The van der Waals surface area contributed by atoms with Gasteiger partial charge in [0.25, 0.3) is 0 Å². The van der Waals surface area contributed by atoms with Crippen LogP contribution in [0.2, 0.25) is 0 Å². The van der Waals surface area contributed by atoms with Crippen molar-refractivity contribution < 1.29 is 33.6 Å². The average Bonchev–Trinajstić information content (AvgIpc) is 3.59.